The van der Waals surface area contributed by atoms with Gasteiger partial charge in [0, 0.05) is 51.5 Å². The van der Waals surface area contributed by atoms with E-state index >= 15 is 0 Å². The third kappa shape index (κ3) is 3.58. The third-order valence-electron chi connectivity index (χ3n) is 7.74. The van der Waals surface area contributed by atoms with Gasteiger partial charge in [0.25, 0.3) is 0 Å². The molecule has 0 N–H and O–H groups in total. The monoisotopic (exact) mass is 543 g/mol. The Morgan fingerprint density at radius 2 is 1.05 bits per heavy atom. The van der Waals surface area contributed by atoms with Crippen LogP contribution < -0.4 is 0 Å². The summed E-state index contributed by atoms with van der Waals surface area (Å²) in [5, 5.41) is 15.6. The molecule has 6 aromatic carbocycles. The molecule has 186 valence electrons. The Morgan fingerprint density at radius 1 is 0.425 bits per heavy atom. The highest BCUT2D eigenvalue weighted by molar-refractivity contribution is 7.26. The van der Waals surface area contributed by atoms with Crippen molar-refractivity contribution in [2.45, 2.75) is 0 Å². The van der Waals surface area contributed by atoms with Crippen molar-refractivity contribution in [3.8, 4) is 39.4 Å². The second-order valence-corrected chi connectivity index (χ2v) is 12.1. The Kier molecular flexibility index (Phi) is 5.31. The first kappa shape index (κ1) is 23.2. The molecule has 0 amide bonds. The molecule has 8 aromatic rings. The zero-order valence-corrected chi connectivity index (χ0v) is 23.0. The zero-order valence-electron chi connectivity index (χ0n) is 21.4. The van der Waals surface area contributed by atoms with Crippen LogP contribution in [0.15, 0.2) is 127 Å². The molecule has 0 fully saturated rings. The summed E-state index contributed by atoms with van der Waals surface area (Å²) in [5.41, 5.74) is 7.08. The van der Waals surface area contributed by atoms with Crippen LogP contribution in [0.5, 0.6) is 0 Å². The summed E-state index contributed by atoms with van der Waals surface area (Å²) >= 11 is 3.65. The molecule has 0 unspecified atom stereocenters. The van der Waals surface area contributed by atoms with Gasteiger partial charge in [-0.3, -0.25) is 0 Å². The van der Waals surface area contributed by atoms with E-state index in [-0.39, 0.29) is 0 Å². The van der Waals surface area contributed by atoms with Gasteiger partial charge in [-0.05, 0) is 52.6 Å². The predicted molar refractivity (Wildman–Crippen MR) is 173 cm³/mol. The highest BCUT2D eigenvalue weighted by atomic mass is 32.1. The number of nitriles is 1. The van der Waals surface area contributed by atoms with Crippen LogP contribution >= 0.6 is 22.7 Å². The van der Waals surface area contributed by atoms with E-state index in [9.17, 15) is 5.26 Å². The molecule has 0 bridgehead atoms. The van der Waals surface area contributed by atoms with Crippen LogP contribution in [-0.2, 0) is 0 Å². The van der Waals surface area contributed by atoms with E-state index < -0.39 is 0 Å². The van der Waals surface area contributed by atoms with E-state index in [1.165, 1.54) is 45.9 Å². The number of benzene rings is 6. The first-order chi connectivity index (χ1) is 19.8. The Morgan fingerprint density at radius 3 is 1.82 bits per heavy atom. The summed E-state index contributed by atoms with van der Waals surface area (Å²) < 4.78 is 5.09. The van der Waals surface area contributed by atoms with Gasteiger partial charge >= 0.3 is 0 Å². The normalized spacial score (nSPS) is 11.5. The number of thiophene rings is 2. The van der Waals surface area contributed by atoms with Crippen LogP contribution in [-0.4, -0.2) is 0 Å². The summed E-state index contributed by atoms with van der Waals surface area (Å²) in [6, 6.07) is 47.7. The van der Waals surface area contributed by atoms with Crippen LogP contribution in [0.25, 0.3) is 73.7 Å². The van der Waals surface area contributed by atoms with E-state index in [0.717, 1.165) is 27.8 Å². The Balaban J connectivity index is 1.43. The summed E-state index contributed by atoms with van der Waals surface area (Å²) in [6.45, 7) is 0. The fourth-order valence-electron chi connectivity index (χ4n) is 5.86. The number of hydrogen-bond donors (Lipinski definition) is 0. The number of hydrogen-bond acceptors (Lipinski definition) is 3. The third-order valence-corrected chi connectivity index (χ3v) is 10.1. The van der Waals surface area contributed by atoms with Crippen molar-refractivity contribution in [3.63, 3.8) is 0 Å². The van der Waals surface area contributed by atoms with Crippen molar-refractivity contribution in [1.82, 2.24) is 0 Å². The van der Waals surface area contributed by atoms with Crippen LogP contribution in [0.4, 0.5) is 0 Å². The minimum absolute atomic E-state index is 0.707. The first-order valence-electron chi connectivity index (χ1n) is 13.2. The van der Waals surface area contributed by atoms with Crippen molar-refractivity contribution in [2.24, 2.45) is 0 Å². The highest BCUT2D eigenvalue weighted by Crippen LogP contribution is 2.44. The van der Waals surface area contributed by atoms with Crippen LogP contribution in [0, 0.1) is 11.3 Å². The van der Waals surface area contributed by atoms with E-state index in [0.29, 0.717) is 5.56 Å². The smallest absolute Gasteiger partial charge is 0.100 e. The zero-order chi connectivity index (χ0) is 26.6. The second-order valence-electron chi connectivity index (χ2n) is 10.0. The van der Waals surface area contributed by atoms with Crippen molar-refractivity contribution < 1.29 is 0 Å². The molecule has 0 spiro atoms. The molecule has 2 heterocycles. The molecule has 0 radical (unpaired) electrons. The molecule has 0 aliphatic rings. The Labute approximate surface area is 239 Å². The number of nitrogens with zero attached hydrogens (tertiary/aromatic N) is 1. The van der Waals surface area contributed by atoms with E-state index in [1.54, 1.807) is 0 Å². The number of rotatable bonds is 3. The van der Waals surface area contributed by atoms with Gasteiger partial charge in [0.2, 0.25) is 0 Å². The summed E-state index contributed by atoms with van der Waals surface area (Å²) in [5.74, 6) is 0. The summed E-state index contributed by atoms with van der Waals surface area (Å²) in [4.78, 5) is 0. The standard InChI is InChI=1S/C37H21NS2/c38-22-33-31(23-9-2-1-3-10-23)19-25(26-13-8-14-30-28-12-5-7-16-35(28)40-37(26)30)20-32(33)24-17-18-29-27-11-4-6-15-34(27)39-36(29)21-24/h1-21H. The molecule has 0 atom stereocenters. The maximum absolute atomic E-state index is 10.5. The maximum atomic E-state index is 10.5. The van der Waals surface area contributed by atoms with Crippen LogP contribution in [0.2, 0.25) is 0 Å². The minimum Gasteiger partial charge on any atom is -0.192 e. The highest BCUT2D eigenvalue weighted by Gasteiger charge is 2.18. The lowest BCUT2D eigenvalue weighted by Gasteiger charge is -2.15. The van der Waals surface area contributed by atoms with E-state index in [1.807, 2.05) is 40.9 Å². The van der Waals surface area contributed by atoms with Gasteiger partial charge in [0.1, 0.15) is 6.07 Å². The molecule has 1 nitrogen and oxygen atoms in total. The van der Waals surface area contributed by atoms with Crippen LogP contribution in [0.1, 0.15) is 5.56 Å². The molecule has 40 heavy (non-hydrogen) atoms. The molecule has 0 aliphatic heterocycles. The maximum Gasteiger partial charge on any atom is 0.100 e. The van der Waals surface area contributed by atoms with Crippen molar-refractivity contribution in [1.29, 1.82) is 5.26 Å². The lowest BCUT2D eigenvalue weighted by atomic mass is 9.88. The topological polar surface area (TPSA) is 23.8 Å². The van der Waals surface area contributed by atoms with Gasteiger partial charge in [-0.1, -0.05) is 97.1 Å². The Hall–Kier alpha value is -4.75. The van der Waals surface area contributed by atoms with Gasteiger partial charge in [-0.2, -0.15) is 5.26 Å². The fourth-order valence-corrected chi connectivity index (χ4v) is 8.24. The van der Waals surface area contributed by atoms with Crippen molar-refractivity contribution >= 4 is 63.0 Å². The van der Waals surface area contributed by atoms with Gasteiger partial charge < -0.3 is 0 Å². The minimum atomic E-state index is 0.707. The lowest BCUT2D eigenvalue weighted by molar-refractivity contribution is 1.47. The SMILES string of the molecule is N#Cc1c(-c2ccccc2)cc(-c2cccc3c2sc2ccccc23)cc1-c1ccc2c(c1)sc1ccccc12. The van der Waals surface area contributed by atoms with Gasteiger partial charge in [0.15, 0.2) is 0 Å². The lowest BCUT2D eigenvalue weighted by Crippen LogP contribution is -1.93. The quantitative estimate of drug-likeness (QED) is 0.217. The average Bonchev–Trinajstić information content (AvgIpc) is 3.59. The van der Waals surface area contributed by atoms with Gasteiger partial charge in [0.05, 0.1) is 5.56 Å². The molecule has 0 aliphatic carbocycles. The van der Waals surface area contributed by atoms with Crippen molar-refractivity contribution in [3.05, 3.63) is 133 Å². The van der Waals surface area contributed by atoms with Crippen LogP contribution in [0.3, 0.4) is 0 Å². The van der Waals surface area contributed by atoms with E-state index in [4.69, 9.17) is 0 Å². The van der Waals surface area contributed by atoms with Gasteiger partial charge in [-0.25, -0.2) is 0 Å². The first-order valence-corrected chi connectivity index (χ1v) is 14.9. The average molecular weight is 544 g/mol. The largest absolute Gasteiger partial charge is 0.192 e. The molecule has 0 saturated carbocycles. The molecule has 8 rings (SSSR count). The number of fused-ring (bicyclic) bond motifs is 6. The Bertz CT molecular complexity index is 2280. The van der Waals surface area contributed by atoms with Crippen molar-refractivity contribution in [2.75, 3.05) is 0 Å². The molecular weight excluding hydrogens is 523 g/mol. The fraction of sp³-hybridized carbons (Fsp3) is 0. The summed E-state index contributed by atoms with van der Waals surface area (Å²) in [6.07, 6.45) is 0. The molecular formula is C37H21NS2. The predicted octanol–water partition coefficient (Wildman–Crippen LogP) is 11.3. The van der Waals surface area contributed by atoms with Gasteiger partial charge in [-0.15, -0.1) is 22.7 Å². The molecule has 3 heteroatoms. The molecule has 0 saturated heterocycles. The second kappa shape index (κ2) is 9.17. The van der Waals surface area contributed by atoms with E-state index in [2.05, 4.69) is 115 Å². The molecule has 2 aromatic heterocycles. The summed E-state index contributed by atoms with van der Waals surface area (Å²) in [7, 11) is 0.